The fourth-order valence-corrected chi connectivity index (χ4v) is 3.86. The van der Waals surface area contributed by atoms with Gasteiger partial charge in [0, 0.05) is 12.1 Å². The van der Waals surface area contributed by atoms with E-state index in [2.05, 4.69) is 41.9 Å². The Hall–Kier alpha value is -3.54. The minimum absolute atomic E-state index is 0.0483. The number of amides is 3. The van der Waals surface area contributed by atoms with Crippen molar-refractivity contribution in [2.24, 2.45) is 17.6 Å². The van der Waals surface area contributed by atoms with Gasteiger partial charge in [0.15, 0.2) is 0 Å². The summed E-state index contributed by atoms with van der Waals surface area (Å²) in [7, 11) is 0. The Morgan fingerprint density at radius 1 is 1.00 bits per heavy atom. The molecule has 0 saturated heterocycles. The first-order chi connectivity index (χ1) is 17.4. The summed E-state index contributed by atoms with van der Waals surface area (Å²) in [6.45, 7) is 11.5. The molecular formula is C25H41N9O3. The van der Waals surface area contributed by atoms with Gasteiger partial charge in [-0.15, -0.1) is 5.10 Å². The van der Waals surface area contributed by atoms with Crippen molar-refractivity contribution in [3.05, 3.63) is 35.9 Å². The number of carbonyl (C=O) groups is 3. The second kappa shape index (κ2) is 13.7. The molecule has 1 aromatic heterocycles. The zero-order valence-electron chi connectivity index (χ0n) is 22.5. The highest BCUT2D eigenvalue weighted by Crippen LogP contribution is 2.15. The van der Waals surface area contributed by atoms with Crippen LogP contribution in [0.15, 0.2) is 30.3 Å². The van der Waals surface area contributed by atoms with E-state index in [9.17, 15) is 14.4 Å². The number of anilines is 1. The molecule has 12 heteroatoms. The third kappa shape index (κ3) is 10.2. The van der Waals surface area contributed by atoms with Crippen LogP contribution in [0.5, 0.6) is 0 Å². The van der Waals surface area contributed by atoms with Gasteiger partial charge in [0.2, 0.25) is 17.7 Å². The molecule has 1 aromatic carbocycles. The third-order valence-electron chi connectivity index (χ3n) is 5.70. The van der Waals surface area contributed by atoms with Gasteiger partial charge in [0.25, 0.3) is 5.95 Å². The molecule has 0 fully saturated rings. The summed E-state index contributed by atoms with van der Waals surface area (Å²) in [6.07, 6.45) is 1.09. The van der Waals surface area contributed by atoms with Crippen LogP contribution in [-0.2, 0) is 20.8 Å². The molecule has 2 aromatic rings. The van der Waals surface area contributed by atoms with Crippen molar-refractivity contribution in [2.75, 3.05) is 11.9 Å². The number of H-pyrrole nitrogens is 1. The summed E-state index contributed by atoms with van der Waals surface area (Å²) in [6, 6.07) is 7.31. The molecule has 3 amide bonds. The molecule has 0 aliphatic carbocycles. The first kappa shape index (κ1) is 29.7. The van der Waals surface area contributed by atoms with Crippen LogP contribution >= 0.6 is 0 Å². The lowest BCUT2D eigenvalue weighted by molar-refractivity contribution is -0.134. The zero-order valence-corrected chi connectivity index (χ0v) is 22.5. The topological polar surface area (TPSA) is 180 Å². The third-order valence-corrected chi connectivity index (χ3v) is 5.70. The lowest BCUT2D eigenvalue weighted by Gasteiger charge is -2.31. The maximum Gasteiger partial charge on any atom is 0.263 e. The van der Waals surface area contributed by atoms with E-state index in [4.69, 9.17) is 5.73 Å². The smallest absolute Gasteiger partial charge is 0.263 e. The Kier molecular flexibility index (Phi) is 11.0. The van der Waals surface area contributed by atoms with E-state index in [1.807, 2.05) is 71.9 Å². The summed E-state index contributed by atoms with van der Waals surface area (Å²) >= 11 is 0. The van der Waals surface area contributed by atoms with Crippen LogP contribution in [0.25, 0.3) is 0 Å². The van der Waals surface area contributed by atoms with Gasteiger partial charge < -0.3 is 27.0 Å². The lowest BCUT2D eigenvalue weighted by atomic mass is 9.93. The van der Waals surface area contributed by atoms with Crippen LogP contribution in [0, 0.1) is 11.8 Å². The van der Waals surface area contributed by atoms with Gasteiger partial charge in [-0.3, -0.25) is 14.4 Å². The van der Waals surface area contributed by atoms with E-state index < -0.39 is 35.5 Å². The van der Waals surface area contributed by atoms with Crippen LogP contribution < -0.4 is 27.0 Å². The molecule has 0 saturated carbocycles. The van der Waals surface area contributed by atoms with Crippen LogP contribution in [0.3, 0.4) is 0 Å². The zero-order chi connectivity index (χ0) is 27.6. The maximum absolute atomic E-state index is 13.3. The monoisotopic (exact) mass is 515 g/mol. The number of hydrogen-bond donors (Lipinski definition) is 6. The molecule has 37 heavy (non-hydrogen) atoms. The molecule has 0 unspecified atom stereocenters. The number of carbonyl (C=O) groups excluding carboxylic acids is 3. The predicted molar refractivity (Wildman–Crippen MR) is 141 cm³/mol. The SMILES string of the molecule is CC(C)C[C@H](NC(=O)[C@@H](NC(=O)[C@@H](N)CNc1nn[nH]n1)C(C)C)C(=O)NC(C)(C)Cc1ccccc1. The summed E-state index contributed by atoms with van der Waals surface area (Å²) in [5.41, 5.74) is 6.55. The van der Waals surface area contributed by atoms with Gasteiger partial charge in [-0.1, -0.05) is 63.1 Å². The molecule has 0 aliphatic rings. The number of hydrogen-bond acceptors (Lipinski definition) is 8. The second-order valence-corrected chi connectivity index (χ2v) is 10.7. The average Bonchev–Trinajstić information content (AvgIpc) is 3.33. The Morgan fingerprint density at radius 3 is 2.24 bits per heavy atom. The van der Waals surface area contributed by atoms with Gasteiger partial charge in [0.1, 0.15) is 18.1 Å². The van der Waals surface area contributed by atoms with Crippen molar-refractivity contribution in [3.63, 3.8) is 0 Å². The fourth-order valence-electron chi connectivity index (χ4n) is 3.86. The molecule has 1 heterocycles. The van der Waals surface area contributed by atoms with E-state index in [1.54, 1.807) is 0 Å². The van der Waals surface area contributed by atoms with Gasteiger partial charge in [-0.25, -0.2) is 0 Å². The van der Waals surface area contributed by atoms with Gasteiger partial charge in [-0.2, -0.15) is 5.21 Å². The molecule has 3 atom stereocenters. The van der Waals surface area contributed by atoms with Crippen molar-refractivity contribution in [3.8, 4) is 0 Å². The molecule has 0 radical (unpaired) electrons. The molecule has 204 valence electrons. The van der Waals surface area contributed by atoms with Gasteiger partial charge in [0.05, 0.1) is 0 Å². The van der Waals surface area contributed by atoms with E-state index in [0.29, 0.717) is 12.8 Å². The standard InChI is InChI=1S/C25H41N9O3/c1-15(2)12-19(22(36)30-25(5,6)13-17-10-8-7-9-11-17)28-23(37)20(16(3)4)29-21(35)18(26)14-27-24-31-33-34-32-24/h7-11,15-16,18-20H,12-14,26H2,1-6H3,(H,28,37)(H,29,35)(H,30,36)(H2,27,31,32,33,34)/t18-,19-,20-/m0/s1. The van der Waals surface area contributed by atoms with Crippen LogP contribution in [0.1, 0.15) is 53.5 Å². The van der Waals surface area contributed by atoms with Crippen molar-refractivity contribution in [1.82, 2.24) is 36.6 Å². The Balaban J connectivity index is 2.03. The minimum atomic E-state index is -0.957. The number of rotatable bonds is 14. The Bertz CT molecular complexity index is 994. The predicted octanol–water partition coefficient (Wildman–Crippen LogP) is 0.748. The normalized spacial score (nSPS) is 14.1. The number of tetrazole rings is 1. The molecule has 12 nitrogen and oxygen atoms in total. The molecule has 0 spiro atoms. The van der Waals surface area contributed by atoms with Crippen molar-refractivity contribution in [2.45, 2.75) is 78.0 Å². The summed E-state index contributed by atoms with van der Waals surface area (Å²) in [5, 5.41) is 24.6. The Labute approximate surface area is 218 Å². The van der Waals surface area contributed by atoms with E-state index in [1.165, 1.54) is 0 Å². The van der Waals surface area contributed by atoms with Crippen LogP contribution in [-0.4, -0.2) is 68.6 Å². The van der Waals surface area contributed by atoms with Crippen molar-refractivity contribution in [1.29, 1.82) is 0 Å². The molecule has 7 N–H and O–H groups in total. The number of benzene rings is 1. The van der Waals surface area contributed by atoms with E-state index in [0.717, 1.165) is 5.56 Å². The molecule has 2 rings (SSSR count). The quantitative estimate of drug-likeness (QED) is 0.213. The first-order valence-corrected chi connectivity index (χ1v) is 12.6. The highest BCUT2D eigenvalue weighted by Gasteiger charge is 2.32. The Morgan fingerprint density at radius 2 is 1.68 bits per heavy atom. The number of nitrogens with one attached hydrogen (secondary N) is 5. The number of aromatic amines is 1. The number of nitrogens with two attached hydrogens (primary N) is 1. The van der Waals surface area contributed by atoms with Crippen molar-refractivity contribution < 1.29 is 14.4 Å². The number of aromatic nitrogens is 4. The van der Waals surface area contributed by atoms with Crippen molar-refractivity contribution >= 4 is 23.7 Å². The molecule has 0 bridgehead atoms. The summed E-state index contributed by atoms with van der Waals surface area (Å²) < 4.78 is 0. The maximum atomic E-state index is 13.3. The van der Waals surface area contributed by atoms with Gasteiger partial charge >= 0.3 is 0 Å². The van der Waals surface area contributed by atoms with E-state index >= 15 is 0 Å². The highest BCUT2D eigenvalue weighted by atomic mass is 16.2. The lowest BCUT2D eigenvalue weighted by Crippen LogP contribution is -2.59. The summed E-state index contributed by atoms with van der Waals surface area (Å²) in [5.74, 6) is -1.09. The largest absolute Gasteiger partial charge is 0.350 e. The first-order valence-electron chi connectivity index (χ1n) is 12.6. The highest BCUT2D eigenvalue weighted by molar-refractivity contribution is 5.93. The second-order valence-electron chi connectivity index (χ2n) is 10.7. The average molecular weight is 516 g/mol. The van der Waals surface area contributed by atoms with E-state index in [-0.39, 0.29) is 30.2 Å². The fraction of sp³-hybridized carbons (Fsp3) is 0.600. The molecular weight excluding hydrogens is 474 g/mol. The minimum Gasteiger partial charge on any atom is -0.350 e. The molecule has 0 aliphatic heterocycles. The van der Waals surface area contributed by atoms with Gasteiger partial charge in [-0.05, 0) is 49.3 Å². The van der Waals surface area contributed by atoms with Crippen LogP contribution in [0.4, 0.5) is 5.95 Å². The van der Waals surface area contributed by atoms with Crippen LogP contribution in [0.2, 0.25) is 0 Å². The summed E-state index contributed by atoms with van der Waals surface area (Å²) in [4.78, 5) is 39.2. The number of nitrogens with zero attached hydrogens (tertiary/aromatic N) is 3.